The number of esters is 1. The van der Waals surface area contributed by atoms with E-state index in [0.29, 0.717) is 25.9 Å². The number of carbonyl (C=O) groups excluding carboxylic acids is 2. The Balaban J connectivity index is 2.84. The molecule has 4 nitrogen and oxygen atoms in total. The summed E-state index contributed by atoms with van der Waals surface area (Å²) in [5.74, 6) is -0.674. The Kier molecular flexibility index (Phi) is 4.47. The summed E-state index contributed by atoms with van der Waals surface area (Å²) in [5, 5.41) is 0. The van der Waals surface area contributed by atoms with E-state index >= 15 is 0 Å². The van der Waals surface area contributed by atoms with Crippen LogP contribution in [0, 0.1) is 5.92 Å². The topological polar surface area (TPSA) is 69.4 Å². The van der Waals surface area contributed by atoms with Gasteiger partial charge >= 0.3 is 5.97 Å². The molecule has 1 rings (SSSR count). The Hall–Kier alpha value is -0.900. The van der Waals surface area contributed by atoms with E-state index in [1.54, 1.807) is 6.92 Å². The second-order valence-corrected chi connectivity index (χ2v) is 4.38. The molecule has 0 radical (unpaired) electrons. The summed E-state index contributed by atoms with van der Waals surface area (Å²) in [4.78, 5) is 23.7. The van der Waals surface area contributed by atoms with Crippen molar-refractivity contribution < 1.29 is 14.3 Å². The summed E-state index contributed by atoms with van der Waals surface area (Å²) in [7, 11) is 0. The molecule has 0 heterocycles. The molecule has 92 valence electrons. The van der Waals surface area contributed by atoms with Gasteiger partial charge < -0.3 is 10.5 Å². The van der Waals surface area contributed by atoms with Crippen LogP contribution in [-0.2, 0) is 14.3 Å². The van der Waals surface area contributed by atoms with Gasteiger partial charge in [-0.2, -0.15) is 0 Å². The fourth-order valence-corrected chi connectivity index (χ4v) is 2.33. The summed E-state index contributed by atoms with van der Waals surface area (Å²) in [6, 6.07) is 0. The van der Waals surface area contributed by atoms with Crippen molar-refractivity contribution in [3.05, 3.63) is 0 Å². The molecule has 0 aromatic carbocycles. The van der Waals surface area contributed by atoms with E-state index in [4.69, 9.17) is 10.5 Å². The lowest BCUT2D eigenvalue weighted by Gasteiger charge is -2.35. The number of ketones is 1. The zero-order chi connectivity index (χ0) is 12.2. The van der Waals surface area contributed by atoms with Crippen molar-refractivity contribution in [1.29, 1.82) is 0 Å². The SMILES string of the molecule is CCOC(=O)[C@](N)(CC)[C@H]1CCCCC1=O. The summed E-state index contributed by atoms with van der Waals surface area (Å²) >= 11 is 0. The second-order valence-electron chi connectivity index (χ2n) is 4.38. The van der Waals surface area contributed by atoms with Gasteiger partial charge in [0.15, 0.2) is 0 Å². The van der Waals surface area contributed by atoms with Crippen LogP contribution < -0.4 is 5.73 Å². The minimum absolute atomic E-state index is 0.114. The monoisotopic (exact) mass is 227 g/mol. The van der Waals surface area contributed by atoms with Crippen LogP contribution in [0.15, 0.2) is 0 Å². The Bertz CT molecular complexity index is 277. The Labute approximate surface area is 96.5 Å². The number of hydrogen-bond acceptors (Lipinski definition) is 4. The molecule has 4 heteroatoms. The predicted octanol–water partition coefficient (Wildman–Crippen LogP) is 1.42. The highest BCUT2D eigenvalue weighted by Gasteiger charge is 2.46. The van der Waals surface area contributed by atoms with Gasteiger partial charge in [-0.05, 0) is 26.2 Å². The van der Waals surface area contributed by atoms with Crippen molar-refractivity contribution in [2.24, 2.45) is 11.7 Å². The van der Waals surface area contributed by atoms with Gasteiger partial charge in [-0.3, -0.25) is 9.59 Å². The van der Waals surface area contributed by atoms with Crippen molar-refractivity contribution in [2.75, 3.05) is 6.61 Å². The summed E-state index contributed by atoms with van der Waals surface area (Å²) in [6.45, 7) is 3.88. The van der Waals surface area contributed by atoms with E-state index < -0.39 is 11.5 Å². The number of carbonyl (C=O) groups is 2. The lowest BCUT2D eigenvalue weighted by atomic mass is 9.73. The summed E-state index contributed by atoms with van der Waals surface area (Å²) in [6.07, 6.45) is 3.58. The van der Waals surface area contributed by atoms with Crippen LogP contribution in [0.2, 0.25) is 0 Å². The van der Waals surface area contributed by atoms with Crippen LogP contribution in [0.1, 0.15) is 46.0 Å². The van der Waals surface area contributed by atoms with Crippen molar-refractivity contribution in [3.8, 4) is 0 Å². The van der Waals surface area contributed by atoms with Gasteiger partial charge in [-0.25, -0.2) is 0 Å². The molecule has 0 aromatic heterocycles. The van der Waals surface area contributed by atoms with Gasteiger partial charge in [0.25, 0.3) is 0 Å². The molecule has 1 saturated carbocycles. The molecule has 0 saturated heterocycles. The summed E-state index contributed by atoms with van der Waals surface area (Å²) in [5.41, 5.74) is 4.98. The molecule has 1 aliphatic rings. The first-order chi connectivity index (χ1) is 7.56. The zero-order valence-corrected chi connectivity index (χ0v) is 10.1. The Morgan fingerprint density at radius 2 is 2.19 bits per heavy atom. The molecule has 0 spiro atoms. The summed E-state index contributed by atoms with van der Waals surface area (Å²) < 4.78 is 4.98. The van der Waals surface area contributed by atoms with E-state index in [9.17, 15) is 9.59 Å². The van der Waals surface area contributed by atoms with Crippen molar-refractivity contribution in [2.45, 2.75) is 51.5 Å². The molecule has 0 aliphatic heterocycles. The fourth-order valence-electron chi connectivity index (χ4n) is 2.33. The van der Waals surface area contributed by atoms with E-state index in [2.05, 4.69) is 0 Å². The van der Waals surface area contributed by atoms with Gasteiger partial charge in [0.2, 0.25) is 0 Å². The lowest BCUT2D eigenvalue weighted by molar-refractivity contribution is -0.155. The molecule has 1 aliphatic carbocycles. The largest absolute Gasteiger partial charge is 0.465 e. The average Bonchev–Trinajstić information content (AvgIpc) is 2.29. The molecule has 0 unspecified atom stereocenters. The molecule has 0 bridgehead atoms. The highest BCUT2D eigenvalue weighted by atomic mass is 16.5. The van der Waals surface area contributed by atoms with Crippen molar-refractivity contribution in [3.63, 3.8) is 0 Å². The number of Topliss-reactive ketones (excluding diaryl/α,β-unsaturated/α-hetero) is 1. The molecule has 16 heavy (non-hydrogen) atoms. The number of rotatable bonds is 4. The first-order valence-electron chi connectivity index (χ1n) is 6.05. The molecule has 1 fully saturated rings. The predicted molar refractivity (Wildman–Crippen MR) is 60.8 cm³/mol. The van der Waals surface area contributed by atoms with Gasteiger partial charge in [-0.15, -0.1) is 0 Å². The Morgan fingerprint density at radius 1 is 1.50 bits per heavy atom. The highest BCUT2D eigenvalue weighted by Crippen LogP contribution is 2.31. The molecule has 2 N–H and O–H groups in total. The molecule has 0 amide bonds. The molecule has 2 atom stereocenters. The zero-order valence-electron chi connectivity index (χ0n) is 10.1. The standard InChI is InChI=1S/C12H21NO3/c1-3-12(13,11(15)16-4-2)9-7-5-6-8-10(9)14/h9H,3-8,13H2,1-2H3/t9-,12-/m0/s1. The maximum atomic E-state index is 11.8. The fraction of sp³-hybridized carbons (Fsp3) is 0.833. The third-order valence-electron chi connectivity index (χ3n) is 3.42. The van der Waals surface area contributed by atoms with Crippen molar-refractivity contribution in [1.82, 2.24) is 0 Å². The quantitative estimate of drug-likeness (QED) is 0.737. The van der Waals surface area contributed by atoms with Gasteiger partial charge in [0.05, 0.1) is 6.61 Å². The lowest BCUT2D eigenvalue weighted by Crippen LogP contribution is -2.57. The molecule has 0 aromatic rings. The van der Waals surface area contributed by atoms with Crippen LogP contribution in [0.25, 0.3) is 0 Å². The van der Waals surface area contributed by atoms with E-state index in [1.807, 2.05) is 6.92 Å². The smallest absolute Gasteiger partial charge is 0.326 e. The van der Waals surface area contributed by atoms with Crippen LogP contribution in [0.5, 0.6) is 0 Å². The van der Waals surface area contributed by atoms with Crippen LogP contribution in [-0.4, -0.2) is 23.9 Å². The first-order valence-corrected chi connectivity index (χ1v) is 6.05. The highest BCUT2D eigenvalue weighted by molar-refractivity contribution is 5.92. The third-order valence-corrected chi connectivity index (χ3v) is 3.42. The minimum atomic E-state index is -1.12. The maximum Gasteiger partial charge on any atom is 0.326 e. The van der Waals surface area contributed by atoms with Gasteiger partial charge in [0, 0.05) is 12.3 Å². The van der Waals surface area contributed by atoms with Crippen LogP contribution in [0.3, 0.4) is 0 Å². The van der Waals surface area contributed by atoms with E-state index in [-0.39, 0.29) is 11.7 Å². The third kappa shape index (κ3) is 2.43. The molecular weight excluding hydrogens is 206 g/mol. The number of nitrogens with two attached hydrogens (primary N) is 1. The van der Waals surface area contributed by atoms with Gasteiger partial charge in [-0.1, -0.05) is 13.3 Å². The van der Waals surface area contributed by atoms with Crippen molar-refractivity contribution >= 4 is 11.8 Å². The van der Waals surface area contributed by atoms with E-state index in [1.165, 1.54) is 0 Å². The number of hydrogen-bond donors (Lipinski definition) is 1. The average molecular weight is 227 g/mol. The minimum Gasteiger partial charge on any atom is -0.465 e. The second kappa shape index (κ2) is 5.43. The van der Waals surface area contributed by atoms with Crippen LogP contribution in [0.4, 0.5) is 0 Å². The number of ether oxygens (including phenoxy) is 1. The van der Waals surface area contributed by atoms with E-state index in [0.717, 1.165) is 12.8 Å². The maximum absolute atomic E-state index is 11.8. The van der Waals surface area contributed by atoms with Crippen LogP contribution >= 0.6 is 0 Å². The normalized spacial score (nSPS) is 24.9. The molecular formula is C12H21NO3. The Morgan fingerprint density at radius 3 is 2.69 bits per heavy atom. The first kappa shape index (κ1) is 13.2. The van der Waals surface area contributed by atoms with Gasteiger partial charge in [0.1, 0.15) is 11.3 Å².